The van der Waals surface area contributed by atoms with Crippen LogP contribution in [0, 0.1) is 0 Å². The maximum Gasteiger partial charge on any atom is 0.410 e. The molecule has 1 unspecified atom stereocenters. The summed E-state index contributed by atoms with van der Waals surface area (Å²) in [6.45, 7) is 7.21. The fourth-order valence-electron chi connectivity index (χ4n) is 2.31. The lowest BCUT2D eigenvalue weighted by Gasteiger charge is -2.34. The van der Waals surface area contributed by atoms with E-state index in [1.807, 2.05) is 51.1 Å². The number of amides is 2. The van der Waals surface area contributed by atoms with Crippen molar-refractivity contribution in [3.05, 3.63) is 35.9 Å². The van der Waals surface area contributed by atoms with Gasteiger partial charge in [0.1, 0.15) is 12.2 Å². The van der Waals surface area contributed by atoms with Gasteiger partial charge >= 0.3 is 12.2 Å². The number of alkyl carbamates (subject to hydrolysis) is 1. The zero-order valence-corrected chi connectivity index (χ0v) is 15.0. The zero-order chi connectivity index (χ0) is 18.3. The van der Waals surface area contributed by atoms with Crippen molar-refractivity contribution in [2.75, 3.05) is 26.2 Å². The van der Waals surface area contributed by atoms with Crippen molar-refractivity contribution in [1.29, 1.82) is 0 Å². The molecule has 0 saturated carbocycles. The van der Waals surface area contributed by atoms with E-state index < -0.39 is 11.7 Å². The summed E-state index contributed by atoms with van der Waals surface area (Å²) in [6.07, 6.45) is -1.17. The molecule has 0 spiro atoms. The molecule has 138 valence electrons. The maximum absolute atomic E-state index is 12.1. The molecule has 1 aromatic carbocycles. The first-order valence-corrected chi connectivity index (χ1v) is 8.37. The van der Waals surface area contributed by atoms with Gasteiger partial charge in [-0.05, 0) is 26.3 Å². The number of hydrogen-bond donors (Lipinski definition) is 1. The third-order valence-corrected chi connectivity index (χ3v) is 3.48. The second-order valence-electron chi connectivity index (χ2n) is 6.86. The van der Waals surface area contributed by atoms with Crippen LogP contribution in [0.25, 0.3) is 0 Å². The van der Waals surface area contributed by atoms with Crippen molar-refractivity contribution < 1.29 is 23.8 Å². The van der Waals surface area contributed by atoms with Gasteiger partial charge in [0.05, 0.1) is 19.3 Å². The first kappa shape index (κ1) is 19.1. The molecule has 0 bridgehead atoms. The molecule has 0 aliphatic carbocycles. The second kappa shape index (κ2) is 8.71. The molecule has 1 fully saturated rings. The highest BCUT2D eigenvalue weighted by atomic mass is 16.6. The standard InChI is InChI=1S/C18H26N2O5/c1-18(2,3)25-17(22)20-9-10-23-15(12-20)11-19-16(21)24-13-14-7-5-4-6-8-14/h4-8,15H,9-13H2,1-3H3,(H,19,21). The normalized spacial score (nSPS) is 17.7. The lowest BCUT2D eigenvalue weighted by atomic mass is 10.2. The van der Waals surface area contributed by atoms with E-state index in [2.05, 4.69) is 5.32 Å². The molecule has 1 atom stereocenters. The molecule has 7 heteroatoms. The lowest BCUT2D eigenvalue weighted by molar-refractivity contribution is -0.0408. The van der Waals surface area contributed by atoms with Gasteiger partial charge in [-0.1, -0.05) is 30.3 Å². The molecule has 1 heterocycles. The Morgan fingerprint density at radius 3 is 2.68 bits per heavy atom. The zero-order valence-electron chi connectivity index (χ0n) is 15.0. The number of carbonyl (C=O) groups is 2. The summed E-state index contributed by atoms with van der Waals surface area (Å²) < 4.78 is 16.1. The first-order chi connectivity index (χ1) is 11.8. The number of morpholine rings is 1. The maximum atomic E-state index is 12.1. The van der Waals surface area contributed by atoms with Crippen molar-refractivity contribution in [3.63, 3.8) is 0 Å². The van der Waals surface area contributed by atoms with Gasteiger partial charge < -0.3 is 24.4 Å². The van der Waals surface area contributed by atoms with Gasteiger partial charge in [-0.2, -0.15) is 0 Å². The van der Waals surface area contributed by atoms with Gasteiger partial charge in [0.25, 0.3) is 0 Å². The van der Waals surface area contributed by atoms with E-state index in [-0.39, 0.29) is 25.3 Å². The predicted molar refractivity (Wildman–Crippen MR) is 92.2 cm³/mol. The van der Waals surface area contributed by atoms with E-state index in [0.717, 1.165) is 5.56 Å². The third-order valence-electron chi connectivity index (χ3n) is 3.48. The quantitative estimate of drug-likeness (QED) is 0.903. The number of hydrogen-bond acceptors (Lipinski definition) is 5. The van der Waals surface area contributed by atoms with Crippen LogP contribution in [-0.2, 0) is 20.8 Å². The topological polar surface area (TPSA) is 77.1 Å². The Hall–Kier alpha value is -2.28. The molecule has 1 aromatic rings. The average molecular weight is 350 g/mol. The number of rotatable bonds is 4. The molecule has 1 aliphatic heterocycles. The SMILES string of the molecule is CC(C)(C)OC(=O)N1CCOC(CNC(=O)OCc2ccccc2)C1. The Balaban J connectivity index is 1.71. The second-order valence-corrected chi connectivity index (χ2v) is 6.86. The van der Waals surface area contributed by atoms with Gasteiger partial charge in [-0.3, -0.25) is 0 Å². The van der Waals surface area contributed by atoms with Gasteiger partial charge in [0.15, 0.2) is 0 Å². The van der Waals surface area contributed by atoms with Gasteiger partial charge in [0.2, 0.25) is 0 Å². The summed E-state index contributed by atoms with van der Waals surface area (Å²) in [4.78, 5) is 25.5. The van der Waals surface area contributed by atoms with Crippen LogP contribution < -0.4 is 5.32 Å². The fourth-order valence-corrected chi connectivity index (χ4v) is 2.31. The minimum Gasteiger partial charge on any atom is -0.445 e. The molecule has 1 saturated heterocycles. The van der Waals surface area contributed by atoms with Crippen LogP contribution >= 0.6 is 0 Å². The molecule has 2 rings (SSSR count). The molecule has 1 N–H and O–H groups in total. The van der Waals surface area contributed by atoms with E-state index in [1.165, 1.54) is 0 Å². The lowest BCUT2D eigenvalue weighted by Crippen LogP contribution is -2.50. The van der Waals surface area contributed by atoms with Gasteiger partial charge in [0, 0.05) is 13.1 Å². The van der Waals surface area contributed by atoms with Crippen molar-refractivity contribution in [3.8, 4) is 0 Å². The van der Waals surface area contributed by atoms with Crippen LogP contribution in [0.4, 0.5) is 9.59 Å². The summed E-state index contributed by atoms with van der Waals surface area (Å²) in [6, 6.07) is 9.45. The van der Waals surface area contributed by atoms with Crippen LogP contribution in [0.15, 0.2) is 30.3 Å². The van der Waals surface area contributed by atoms with Crippen LogP contribution in [0.2, 0.25) is 0 Å². The number of carbonyl (C=O) groups excluding carboxylic acids is 2. The first-order valence-electron chi connectivity index (χ1n) is 8.37. The number of nitrogens with one attached hydrogen (secondary N) is 1. The molecule has 0 radical (unpaired) electrons. The van der Waals surface area contributed by atoms with Gasteiger partial charge in [-0.15, -0.1) is 0 Å². The monoisotopic (exact) mass is 350 g/mol. The number of benzene rings is 1. The Morgan fingerprint density at radius 1 is 1.28 bits per heavy atom. The van der Waals surface area contributed by atoms with Crippen molar-refractivity contribution >= 4 is 12.2 Å². The largest absolute Gasteiger partial charge is 0.445 e. The minimum absolute atomic E-state index is 0.211. The van der Waals surface area contributed by atoms with E-state index in [1.54, 1.807) is 4.90 Å². The Kier molecular flexibility index (Phi) is 6.64. The Labute approximate surface area is 148 Å². The van der Waals surface area contributed by atoms with E-state index in [0.29, 0.717) is 19.7 Å². The number of ether oxygens (including phenoxy) is 3. The summed E-state index contributed by atoms with van der Waals surface area (Å²) >= 11 is 0. The Bertz CT molecular complexity index is 571. The van der Waals surface area contributed by atoms with Gasteiger partial charge in [-0.25, -0.2) is 9.59 Å². The molecule has 1 aliphatic rings. The van der Waals surface area contributed by atoms with Crippen molar-refractivity contribution in [2.45, 2.75) is 39.1 Å². The molecule has 7 nitrogen and oxygen atoms in total. The Morgan fingerprint density at radius 2 is 2.00 bits per heavy atom. The van der Waals surface area contributed by atoms with Crippen LogP contribution in [0.5, 0.6) is 0 Å². The molecule has 0 aromatic heterocycles. The molecular weight excluding hydrogens is 324 g/mol. The van der Waals surface area contributed by atoms with Crippen LogP contribution in [0.1, 0.15) is 26.3 Å². The smallest absolute Gasteiger partial charge is 0.410 e. The summed E-state index contributed by atoms with van der Waals surface area (Å²) in [5.41, 5.74) is 0.382. The van der Waals surface area contributed by atoms with E-state index in [9.17, 15) is 9.59 Å². The molecule has 25 heavy (non-hydrogen) atoms. The van der Waals surface area contributed by atoms with E-state index >= 15 is 0 Å². The molecular formula is C18H26N2O5. The number of nitrogens with zero attached hydrogens (tertiary/aromatic N) is 1. The van der Waals surface area contributed by atoms with Crippen LogP contribution in [-0.4, -0.2) is 55.0 Å². The van der Waals surface area contributed by atoms with Crippen molar-refractivity contribution in [2.24, 2.45) is 0 Å². The third kappa shape index (κ3) is 7.01. The summed E-state index contributed by atoms with van der Waals surface area (Å²) in [5, 5.41) is 2.67. The highest BCUT2D eigenvalue weighted by molar-refractivity contribution is 5.68. The summed E-state index contributed by atoms with van der Waals surface area (Å²) in [7, 11) is 0. The van der Waals surface area contributed by atoms with Crippen molar-refractivity contribution in [1.82, 2.24) is 10.2 Å². The fraction of sp³-hybridized carbons (Fsp3) is 0.556. The molecule has 2 amide bonds. The highest BCUT2D eigenvalue weighted by Crippen LogP contribution is 2.13. The minimum atomic E-state index is -0.537. The predicted octanol–water partition coefficient (Wildman–Crippen LogP) is 2.55. The van der Waals surface area contributed by atoms with Crippen LogP contribution in [0.3, 0.4) is 0 Å². The van der Waals surface area contributed by atoms with E-state index in [4.69, 9.17) is 14.2 Å². The average Bonchev–Trinajstić information content (AvgIpc) is 2.58. The highest BCUT2D eigenvalue weighted by Gasteiger charge is 2.28. The summed E-state index contributed by atoms with van der Waals surface area (Å²) in [5.74, 6) is 0.